The van der Waals surface area contributed by atoms with Gasteiger partial charge in [0.15, 0.2) is 0 Å². The molecule has 0 spiro atoms. The Kier molecular flexibility index (Phi) is 7.62. The summed E-state index contributed by atoms with van der Waals surface area (Å²) in [6.07, 6.45) is -2.27. The highest BCUT2D eigenvalue weighted by molar-refractivity contribution is 6.20. The number of benzodiazepines with no additional fused rings is 1. The van der Waals surface area contributed by atoms with Crippen molar-refractivity contribution in [1.29, 1.82) is 0 Å². The second-order valence-electron chi connectivity index (χ2n) is 9.95. The molecular weight excluding hydrogens is 497 g/mol. The van der Waals surface area contributed by atoms with E-state index in [1.54, 1.807) is 31.3 Å². The van der Waals surface area contributed by atoms with Crippen molar-refractivity contribution in [2.24, 2.45) is 22.1 Å². The Balaban J connectivity index is 1.77. The van der Waals surface area contributed by atoms with Crippen LogP contribution in [-0.4, -0.2) is 36.6 Å². The summed E-state index contributed by atoms with van der Waals surface area (Å²) in [5.74, 6) is -2.19. The Hall–Kier alpha value is -3.69. The largest absolute Gasteiger partial charge is 0.416 e. The maximum absolute atomic E-state index is 13.8. The number of anilines is 1. The number of rotatable bonds is 7. The summed E-state index contributed by atoms with van der Waals surface area (Å²) in [5, 5.41) is 2.78. The van der Waals surface area contributed by atoms with E-state index in [1.807, 2.05) is 6.92 Å². The average Bonchev–Trinajstić information content (AvgIpc) is 3.35. The zero-order chi connectivity index (χ0) is 27.7. The number of para-hydroxylation sites is 1. The van der Waals surface area contributed by atoms with Crippen molar-refractivity contribution < 1.29 is 27.6 Å². The number of amides is 3. The van der Waals surface area contributed by atoms with E-state index in [1.165, 1.54) is 17.0 Å². The van der Waals surface area contributed by atoms with Gasteiger partial charge in [0.2, 0.25) is 18.0 Å². The van der Waals surface area contributed by atoms with Crippen LogP contribution in [-0.2, 0) is 20.6 Å². The Morgan fingerprint density at radius 3 is 2.34 bits per heavy atom. The third-order valence-corrected chi connectivity index (χ3v) is 7.63. The molecule has 1 saturated carbocycles. The third kappa shape index (κ3) is 5.04. The number of aliphatic imine (C=N–C) groups is 1. The van der Waals surface area contributed by atoms with Gasteiger partial charge in [-0.1, -0.05) is 56.5 Å². The molecule has 2 unspecified atom stereocenters. The molecule has 1 heterocycles. The van der Waals surface area contributed by atoms with Crippen molar-refractivity contribution in [3.63, 3.8) is 0 Å². The summed E-state index contributed by atoms with van der Waals surface area (Å²) in [5.41, 5.74) is 5.57. The van der Waals surface area contributed by atoms with E-state index in [9.17, 15) is 27.6 Å². The third-order valence-electron chi connectivity index (χ3n) is 7.63. The van der Waals surface area contributed by atoms with E-state index in [2.05, 4.69) is 10.3 Å². The highest BCUT2D eigenvalue weighted by Gasteiger charge is 2.50. The maximum Gasteiger partial charge on any atom is 0.416 e. The fraction of sp³-hybridized carbons (Fsp3) is 0.429. The molecule has 4 rings (SSSR count). The van der Waals surface area contributed by atoms with E-state index >= 15 is 0 Å². The van der Waals surface area contributed by atoms with E-state index in [0.29, 0.717) is 42.5 Å². The molecule has 1 aliphatic heterocycles. The number of hydrogen-bond acceptors (Lipinski definition) is 4. The van der Waals surface area contributed by atoms with Crippen LogP contribution in [0.5, 0.6) is 0 Å². The number of halogens is 3. The van der Waals surface area contributed by atoms with Crippen molar-refractivity contribution >= 4 is 29.1 Å². The van der Waals surface area contributed by atoms with E-state index in [-0.39, 0.29) is 5.71 Å². The van der Waals surface area contributed by atoms with Gasteiger partial charge >= 0.3 is 6.18 Å². The summed E-state index contributed by atoms with van der Waals surface area (Å²) in [7, 11) is 1.56. The summed E-state index contributed by atoms with van der Waals surface area (Å²) in [6, 6.07) is 11.4. The van der Waals surface area contributed by atoms with Crippen molar-refractivity contribution in [3.05, 3.63) is 65.2 Å². The number of fused-ring (bicyclic) bond motifs is 1. The number of alkyl halides is 3. The number of nitrogens with two attached hydrogens (primary N) is 1. The number of carbonyl (C=O) groups excluding carboxylic acids is 3. The molecule has 2 aliphatic rings. The van der Waals surface area contributed by atoms with Crippen LogP contribution in [0.1, 0.15) is 62.1 Å². The molecule has 7 nitrogen and oxygen atoms in total. The van der Waals surface area contributed by atoms with Crippen LogP contribution in [0, 0.1) is 11.3 Å². The van der Waals surface area contributed by atoms with Gasteiger partial charge in [-0.25, -0.2) is 4.99 Å². The zero-order valence-corrected chi connectivity index (χ0v) is 21.3. The summed E-state index contributed by atoms with van der Waals surface area (Å²) in [4.78, 5) is 45.7. The predicted molar refractivity (Wildman–Crippen MR) is 137 cm³/mol. The number of primary amides is 1. The molecular formula is C28H31F3N4O3. The Bertz CT molecular complexity index is 1250. The fourth-order valence-electron chi connectivity index (χ4n) is 5.65. The first-order chi connectivity index (χ1) is 18.0. The lowest BCUT2D eigenvalue weighted by atomic mass is 9.70. The molecule has 0 radical (unpaired) electrons. The predicted octanol–water partition coefficient (Wildman–Crippen LogP) is 4.42. The van der Waals surface area contributed by atoms with Crippen LogP contribution < -0.4 is 16.0 Å². The zero-order valence-electron chi connectivity index (χ0n) is 21.3. The van der Waals surface area contributed by atoms with E-state index in [4.69, 9.17) is 5.73 Å². The molecule has 10 heteroatoms. The number of hydrogen-bond donors (Lipinski definition) is 2. The lowest BCUT2D eigenvalue weighted by Gasteiger charge is -2.35. The van der Waals surface area contributed by atoms with Gasteiger partial charge in [0, 0.05) is 18.2 Å². The number of nitrogens with zero attached hydrogens (tertiary/aromatic N) is 2. The molecule has 0 aromatic heterocycles. The minimum atomic E-state index is -4.50. The minimum absolute atomic E-state index is 0.276. The minimum Gasteiger partial charge on any atom is -0.369 e. The van der Waals surface area contributed by atoms with Crippen molar-refractivity contribution in [3.8, 4) is 0 Å². The van der Waals surface area contributed by atoms with Crippen LogP contribution in [0.4, 0.5) is 18.9 Å². The Morgan fingerprint density at radius 1 is 1.13 bits per heavy atom. The highest BCUT2D eigenvalue weighted by Crippen LogP contribution is 2.46. The first kappa shape index (κ1) is 27.3. The lowest BCUT2D eigenvalue weighted by Crippen LogP contribution is -2.54. The molecule has 2 aromatic carbocycles. The normalized spacial score (nSPS) is 19.8. The summed E-state index contributed by atoms with van der Waals surface area (Å²) >= 11 is 0. The quantitative estimate of drug-likeness (QED) is 0.556. The number of nitrogens with one attached hydrogen (secondary N) is 1. The van der Waals surface area contributed by atoms with Crippen molar-refractivity contribution in [1.82, 2.24) is 5.32 Å². The van der Waals surface area contributed by atoms with E-state index in [0.717, 1.165) is 25.0 Å². The monoisotopic (exact) mass is 528 g/mol. The van der Waals surface area contributed by atoms with Gasteiger partial charge in [-0.05, 0) is 37.5 Å². The van der Waals surface area contributed by atoms with Gasteiger partial charge in [0.1, 0.15) is 0 Å². The van der Waals surface area contributed by atoms with Gasteiger partial charge in [0.25, 0.3) is 5.91 Å². The van der Waals surface area contributed by atoms with Crippen LogP contribution >= 0.6 is 0 Å². The molecule has 1 aliphatic carbocycles. The molecule has 1 fully saturated rings. The Morgan fingerprint density at radius 2 is 1.76 bits per heavy atom. The standard InChI is InChI=1S/C28H31F3N4O3/c1-3-8-20(23(32)36)27(15-6-7-16-27)26(38)34-24-25(37)35(2)21-10-5-4-9-19(21)22(33-24)17-11-13-18(14-12-17)28(29,30)31/h4-5,9-14,20,24H,3,6-8,15-16H2,1-2H3,(H2,32,36)(H,34,38). The van der Waals surface area contributed by atoms with Crippen LogP contribution in [0.25, 0.3) is 0 Å². The number of carbonyl (C=O) groups is 3. The van der Waals surface area contributed by atoms with Crippen LogP contribution in [0.15, 0.2) is 53.5 Å². The van der Waals surface area contributed by atoms with Crippen molar-refractivity contribution in [2.45, 2.75) is 57.8 Å². The molecule has 0 bridgehead atoms. The van der Waals surface area contributed by atoms with Gasteiger partial charge in [-0.3, -0.25) is 14.4 Å². The van der Waals surface area contributed by atoms with Crippen molar-refractivity contribution in [2.75, 3.05) is 11.9 Å². The Labute approximate surface area is 219 Å². The number of benzene rings is 2. The first-order valence-corrected chi connectivity index (χ1v) is 12.7. The molecule has 3 amide bonds. The molecule has 0 saturated heterocycles. The molecule has 3 N–H and O–H groups in total. The van der Waals surface area contributed by atoms with Crippen LogP contribution in [0.2, 0.25) is 0 Å². The number of likely N-dealkylation sites (N-methyl/N-ethyl adjacent to an activating group) is 1. The molecule has 2 atom stereocenters. The lowest BCUT2D eigenvalue weighted by molar-refractivity contribution is -0.142. The summed E-state index contributed by atoms with van der Waals surface area (Å²) < 4.78 is 39.5. The molecule has 2 aromatic rings. The maximum atomic E-state index is 13.8. The highest BCUT2D eigenvalue weighted by atomic mass is 19.4. The van der Waals surface area contributed by atoms with Gasteiger partial charge in [-0.2, -0.15) is 13.2 Å². The molecule has 202 valence electrons. The summed E-state index contributed by atoms with van der Waals surface area (Å²) in [6.45, 7) is 1.91. The van der Waals surface area contributed by atoms with Gasteiger partial charge in [0.05, 0.1) is 28.3 Å². The molecule has 38 heavy (non-hydrogen) atoms. The van der Waals surface area contributed by atoms with Crippen LogP contribution in [0.3, 0.4) is 0 Å². The smallest absolute Gasteiger partial charge is 0.369 e. The SMILES string of the molecule is CCCC(C(N)=O)C1(C(=O)NC2N=C(c3ccc(C(F)(F)F)cc3)c3ccccc3N(C)C2=O)CCCC1. The van der Waals surface area contributed by atoms with Gasteiger partial charge in [-0.15, -0.1) is 0 Å². The van der Waals surface area contributed by atoms with E-state index < -0.39 is 47.0 Å². The second kappa shape index (κ2) is 10.6. The average molecular weight is 529 g/mol. The topological polar surface area (TPSA) is 105 Å². The first-order valence-electron chi connectivity index (χ1n) is 12.7. The second-order valence-corrected chi connectivity index (χ2v) is 9.95. The van der Waals surface area contributed by atoms with Gasteiger partial charge < -0.3 is 16.0 Å². The fourth-order valence-corrected chi connectivity index (χ4v) is 5.65.